The number of carbonyl (C=O) groups is 1. The van der Waals surface area contributed by atoms with E-state index in [9.17, 15) is 4.79 Å². The molecule has 1 heterocycles. The molecule has 2 aromatic carbocycles. The number of cyclic esters (lactones) is 1. The van der Waals surface area contributed by atoms with Crippen molar-refractivity contribution in [3.8, 4) is 0 Å². The van der Waals surface area contributed by atoms with Crippen LogP contribution in [0.3, 0.4) is 0 Å². The van der Waals surface area contributed by atoms with Crippen molar-refractivity contribution in [1.29, 1.82) is 0 Å². The summed E-state index contributed by atoms with van der Waals surface area (Å²) >= 11 is 2.09. The third-order valence-electron chi connectivity index (χ3n) is 3.20. The van der Waals surface area contributed by atoms with E-state index in [4.69, 9.17) is 4.74 Å². The van der Waals surface area contributed by atoms with Crippen molar-refractivity contribution in [3.63, 3.8) is 0 Å². The number of fused-ring (bicyclic) bond motifs is 1. The lowest BCUT2D eigenvalue weighted by Crippen LogP contribution is -2.36. The van der Waals surface area contributed by atoms with Gasteiger partial charge in [-0.25, -0.2) is 4.79 Å². The summed E-state index contributed by atoms with van der Waals surface area (Å²) in [5.74, 6) is 0.738. The summed E-state index contributed by atoms with van der Waals surface area (Å²) in [6.07, 6.45) is 0.447. The Labute approximate surface area is 125 Å². The molecule has 3 rings (SSSR count). The summed E-state index contributed by atoms with van der Waals surface area (Å²) in [6, 6.07) is 14.0. The molecule has 1 amide bonds. The zero-order valence-electron chi connectivity index (χ0n) is 10.2. The summed E-state index contributed by atoms with van der Waals surface area (Å²) in [4.78, 5) is 13.8. The highest BCUT2D eigenvalue weighted by Gasteiger charge is 2.25. The minimum Gasteiger partial charge on any atom is -0.414 e. The van der Waals surface area contributed by atoms with Crippen LogP contribution in [0, 0.1) is 0 Å². The van der Waals surface area contributed by atoms with E-state index in [-0.39, 0.29) is 6.09 Å². The zero-order valence-corrected chi connectivity index (χ0v) is 12.3. The van der Waals surface area contributed by atoms with Crippen molar-refractivity contribution in [3.05, 3.63) is 52.3 Å². The SMILES string of the molecule is O=C1O/C(=C/I)CCN1c1cccc2ccccc12. The van der Waals surface area contributed by atoms with Crippen LogP contribution in [0.15, 0.2) is 52.3 Å². The zero-order chi connectivity index (χ0) is 13.2. The first-order valence-electron chi connectivity index (χ1n) is 6.06. The van der Waals surface area contributed by atoms with Crippen LogP contribution in [0.4, 0.5) is 10.5 Å². The molecule has 19 heavy (non-hydrogen) atoms. The fraction of sp³-hybridized carbons (Fsp3) is 0.133. The topological polar surface area (TPSA) is 29.5 Å². The molecular formula is C15H12INO2. The molecule has 1 aliphatic heterocycles. The van der Waals surface area contributed by atoms with Crippen LogP contribution in [-0.4, -0.2) is 12.6 Å². The average molecular weight is 365 g/mol. The highest BCUT2D eigenvalue weighted by Crippen LogP contribution is 2.30. The van der Waals surface area contributed by atoms with Gasteiger partial charge in [-0.2, -0.15) is 0 Å². The Kier molecular flexibility index (Phi) is 3.42. The molecule has 4 heteroatoms. The summed E-state index contributed by atoms with van der Waals surface area (Å²) in [5.41, 5.74) is 0.913. The highest BCUT2D eigenvalue weighted by atomic mass is 127. The Hall–Kier alpha value is -1.56. The Morgan fingerprint density at radius 3 is 2.74 bits per heavy atom. The molecule has 3 nitrogen and oxygen atoms in total. The molecule has 0 unspecified atom stereocenters. The van der Waals surface area contributed by atoms with Gasteiger partial charge in [0, 0.05) is 22.4 Å². The summed E-state index contributed by atoms with van der Waals surface area (Å²) in [5, 5.41) is 2.20. The number of halogens is 1. The van der Waals surface area contributed by atoms with E-state index in [0.29, 0.717) is 6.54 Å². The van der Waals surface area contributed by atoms with Gasteiger partial charge in [-0.1, -0.05) is 36.4 Å². The fourth-order valence-corrected chi connectivity index (χ4v) is 2.71. The number of hydrogen-bond acceptors (Lipinski definition) is 2. The molecule has 1 fully saturated rings. The van der Waals surface area contributed by atoms with E-state index >= 15 is 0 Å². The number of nitrogens with zero attached hydrogens (tertiary/aromatic N) is 1. The Balaban J connectivity index is 2.03. The third-order valence-corrected chi connectivity index (χ3v) is 3.89. The van der Waals surface area contributed by atoms with Crippen molar-refractivity contribution in [2.24, 2.45) is 0 Å². The molecule has 0 saturated carbocycles. The maximum absolute atomic E-state index is 12.1. The fourth-order valence-electron chi connectivity index (χ4n) is 2.27. The number of anilines is 1. The van der Waals surface area contributed by atoms with Gasteiger partial charge in [0.25, 0.3) is 0 Å². The van der Waals surface area contributed by atoms with Crippen LogP contribution in [0.5, 0.6) is 0 Å². The number of ether oxygens (including phenoxy) is 1. The molecule has 96 valence electrons. The first-order valence-corrected chi connectivity index (χ1v) is 7.30. The smallest absolute Gasteiger partial charge is 0.414 e. The van der Waals surface area contributed by atoms with E-state index in [0.717, 1.165) is 28.6 Å². The normalized spacial score (nSPS) is 17.8. The maximum Gasteiger partial charge on any atom is 0.419 e. The quantitative estimate of drug-likeness (QED) is 0.699. The second kappa shape index (κ2) is 5.21. The van der Waals surface area contributed by atoms with Gasteiger partial charge in [0.05, 0.1) is 5.69 Å². The largest absolute Gasteiger partial charge is 0.419 e. The average Bonchev–Trinajstić information content (AvgIpc) is 2.46. The lowest BCUT2D eigenvalue weighted by Gasteiger charge is -2.28. The molecule has 0 aliphatic carbocycles. The van der Waals surface area contributed by atoms with Crippen molar-refractivity contribution < 1.29 is 9.53 Å². The van der Waals surface area contributed by atoms with E-state index in [1.807, 2.05) is 46.5 Å². The predicted molar refractivity (Wildman–Crippen MR) is 84.5 cm³/mol. The van der Waals surface area contributed by atoms with Crippen LogP contribution in [0.25, 0.3) is 10.8 Å². The predicted octanol–water partition coefficient (Wildman–Crippen LogP) is 4.46. The van der Waals surface area contributed by atoms with E-state index < -0.39 is 0 Å². The van der Waals surface area contributed by atoms with Crippen LogP contribution < -0.4 is 4.90 Å². The van der Waals surface area contributed by atoms with E-state index in [1.165, 1.54) is 0 Å². The number of carbonyl (C=O) groups excluding carboxylic acids is 1. The van der Waals surface area contributed by atoms with E-state index in [2.05, 4.69) is 22.6 Å². The molecular weight excluding hydrogens is 353 g/mol. The lowest BCUT2D eigenvalue weighted by atomic mass is 10.1. The van der Waals surface area contributed by atoms with Gasteiger partial charge in [-0.15, -0.1) is 0 Å². The van der Waals surface area contributed by atoms with E-state index in [1.54, 1.807) is 4.90 Å². The van der Waals surface area contributed by atoms with Gasteiger partial charge >= 0.3 is 6.09 Å². The monoisotopic (exact) mass is 365 g/mol. The summed E-state index contributed by atoms with van der Waals surface area (Å²) in [6.45, 7) is 0.654. The summed E-state index contributed by atoms with van der Waals surface area (Å²) < 4.78 is 7.11. The standard InChI is InChI=1S/C15H12INO2/c16-10-12-8-9-17(15(18)19-12)14-7-3-5-11-4-1-2-6-13(11)14/h1-7,10H,8-9H2/b12-10+. The molecule has 0 N–H and O–H groups in total. The molecule has 2 aromatic rings. The Morgan fingerprint density at radius 1 is 1.16 bits per heavy atom. The minimum absolute atomic E-state index is 0.300. The lowest BCUT2D eigenvalue weighted by molar-refractivity contribution is 0.172. The second-order valence-corrected chi connectivity index (χ2v) is 4.97. The Morgan fingerprint density at radius 2 is 1.95 bits per heavy atom. The number of hydrogen-bond donors (Lipinski definition) is 0. The van der Waals surface area contributed by atoms with Gasteiger partial charge in [0.1, 0.15) is 5.76 Å². The van der Waals surface area contributed by atoms with Crippen LogP contribution >= 0.6 is 22.6 Å². The minimum atomic E-state index is -0.300. The second-order valence-electron chi connectivity index (χ2n) is 4.34. The van der Waals surface area contributed by atoms with Crippen LogP contribution in [0.2, 0.25) is 0 Å². The molecule has 0 radical (unpaired) electrons. The molecule has 0 bridgehead atoms. The molecule has 0 atom stereocenters. The summed E-state index contributed by atoms with van der Waals surface area (Å²) in [7, 11) is 0. The number of amides is 1. The molecule has 0 spiro atoms. The van der Waals surface area contributed by atoms with Gasteiger partial charge in [-0.05, 0) is 34.0 Å². The Bertz CT molecular complexity index is 661. The third kappa shape index (κ3) is 2.32. The van der Waals surface area contributed by atoms with Gasteiger partial charge in [-0.3, -0.25) is 4.90 Å². The van der Waals surface area contributed by atoms with Crippen molar-refractivity contribution in [2.45, 2.75) is 6.42 Å². The molecule has 0 aromatic heterocycles. The first-order chi connectivity index (χ1) is 9.29. The molecule has 1 aliphatic rings. The van der Waals surface area contributed by atoms with Gasteiger partial charge in [0.15, 0.2) is 0 Å². The van der Waals surface area contributed by atoms with Crippen LogP contribution in [0.1, 0.15) is 6.42 Å². The van der Waals surface area contributed by atoms with Gasteiger partial charge in [0.2, 0.25) is 0 Å². The molecule has 1 saturated heterocycles. The number of benzene rings is 2. The first kappa shape index (κ1) is 12.5. The van der Waals surface area contributed by atoms with Crippen LogP contribution in [-0.2, 0) is 4.74 Å². The number of rotatable bonds is 1. The van der Waals surface area contributed by atoms with Crippen molar-refractivity contribution >= 4 is 45.1 Å². The highest BCUT2D eigenvalue weighted by molar-refractivity contribution is 14.1. The maximum atomic E-state index is 12.1. The van der Waals surface area contributed by atoms with Crippen molar-refractivity contribution in [1.82, 2.24) is 0 Å². The van der Waals surface area contributed by atoms with Crippen molar-refractivity contribution in [2.75, 3.05) is 11.4 Å². The van der Waals surface area contributed by atoms with Gasteiger partial charge < -0.3 is 4.74 Å².